The van der Waals surface area contributed by atoms with Crippen molar-refractivity contribution in [2.24, 2.45) is 0 Å². The van der Waals surface area contributed by atoms with Crippen LogP contribution in [0, 0.1) is 6.92 Å². The van der Waals surface area contributed by atoms with Crippen molar-refractivity contribution < 1.29 is 23.8 Å². The summed E-state index contributed by atoms with van der Waals surface area (Å²) in [5, 5.41) is 0.903. The Morgan fingerprint density at radius 3 is 2.69 bits per heavy atom. The zero-order valence-corrected chi connectivity index (χ0v) is 15.5. The van der Waals surface area contributed by atoms with Gasteiger partial charge in [0, 0.05) is 23.2 Å². The number of hydrogen-bond donors (Lipinski definition) is 0. The van der Waals surface area contributed by atoms with Crippen molar-refractivity contribution in [2.75, 3.05) is 13.7 Å². The first-order valence-electron chi connectivity index (χ1n) is 7.62. The Hall–Kier alpha value is -2.34. The molecular formula is C19H14Cl2O5. The molecule has 5 nitrogen and oxygen atoms in total. The number of esters is 1. The van der Waals surface area contributed by atoms with Gasteiger partial charge in [0.05, 0.1) is 5.56 Å². The van der Waals surface area contributed by atoms with Gasteiger partial charge in [-0.3, -0.25) is 4.79 Å². The minimum atomic E-state index is -0.542. The molecule has 0 fully saturated rings. The molecule has 7 heteroatoms. The van der Waals surface area contributed by atoms with E-state index in [1.54, 1.807) is 37.3 Å². The summed E-state index contributed by atoms with van der Waals surface area (Å²) in [6, 6.07) is 8.05. The molecule has 0 saturated carbocycles. The molecule has 0 bridgehead atoms. The SMILES string of the molecule is COCC(=O)Oc1cc(C)c2c(c1)O/C(=C\c1ccc(Cl)cc1Cl)C2=O. The minimum Gasteiger partial charge on any atom is -0.452 e. The number of Topliss-reactive ketones (excluding diaryl/α,β-unsaturated/α-hetero) is 1. The van der Waals surface area contributed by atoms with Gasteiger partial charge in [-0.2, -0.15) is 0 Å². The van der Waals surface area contributed by atoms with Crippen LogP contribution in [-0.4, -0.2) is 25.5 Å². The first kappa shape index (κ1) is 18.5. The Labute approximate surface area is 160 Å². The van der Waals surface area contributed by atoms with E-state index in [1.165, 1.54) is 13.2 Å². The highest BCUT2D eigenvalue weighted by Crippen LogP contribution is 2.38. The fourth-order valence-corrected chi connectivity index (χ4v) is 3.04. The van der Waals surface area contributed by atoms with Crippen LogP contribution in [0.1, 0.15) is 21.5 Å². The molecule has 1 heterocycles. The van der Waals surface area contributed by atoms with E-state index >= 15 is 0 Å². The summed E-state index contributed by atoms with van der Waals surface area (Å²) in [6.07, 6.45) is 1.55. The first-order chi connectivity index (χ1) is 12.4. The number of methoxy groups -OCH3 is 1. The van der Waals surface area contributed by atoms with Crippen molar-refractivity contribution in [3.8, 4) is 11.5 Å². The lowest BCUT2D eigenvalue weighted by atomic mass is 10.0. The summed E-state index contributed by atoms with van der Waals surface area (Å²) in [5.74, 6) is -0.0701. The zero-order chi connectivity index (χ0) is 18.8. The number of ketones is 1. The molecule has 1 aliphatic heterocycles. The number of aryl methyl sites for hydroxylation is 1. The molecule has 0 aliphatic carbocycles. The van der Waals surface area contributed by atoms with Crippen molar-refractivity contribution in [3.63, 3.8) is 0 Å². The van der Waals surface area contributed by atoms with E-state index < -0.39 is 5.97 Å². The van der Waals surface area contributed by atoms with Crippen molar-refractivity contribution in [1.82, 2.24) is 0 Å². The molecular weight excluding hydrogens is 379 g/mol. The second-order valence-corrected chi connectivity index (χ2v) is 6.47. The molecule has 0 radical (unpaired) electrons. The highest BCUT2D eigenvalue weighted by Gasteiger charge is 2.30. The molecule has 134 valence electrons. The number of carbonyl (C=O) groups is 2. The second kappa shape index (κ2) is 7.50. The fourth-order valence-electron chi connectivity index (χ4n) is 2.57. The van der Waals surface area contributed by atoms with Crippen molar-refractivity contribution >= 4 is 41.0 Å². The normalized spacial score (nSPS) is 14.3. The van der Waals surface area contributed by atoms with E-state index in [0.29, 0.717) is 32.5 Å². The first-order valence-corrected chi connectivity index (χ1v) is 8.38. The van der Waals surface area contributed by atoms with Gasteiger partial charge < -0.3 is 14.2 Å². The van der Waals surface area contributed by atoms with Gasteiger partial charge in [0.15, 0.2) is 5.76 Å². The van der Waals surface area contributed by atoms with Crippen molar-refractivity contribution in [1.29, 1.82) is 0 Å². The number of hydrogen-bond acceptors (Lipinski definition) is 5. The van der Waals surface area contributed by atoms with E-state index in [-0.39, 0.29) is 23.9 Å². The lowest BCUT2D eigenvalue weighted by molar-refractivity contribution is -0.138. The highest BCUT2D eigenvalue weighted by atomic mass is 35.5. The van der Waals surface area contributed by atoms with Gasteiger partial charge in [-0.1, -0.05) is 29.3 Å². The van der Waals surface area contributed by atoms with Gasteiger partial charge in [-0.25, -0.2) is 4.79 Å². The molecule has 0 N–H and O–H groups in total. The summed E-state index contributed by atoms with van der Waals surface area (Å²) in [5.41, 5.74) is 1.67. The average Bonchev–Trinajstić information content (AvgIpc) is 2.86. The maximum absolute atomic E-state index is 12.6. The molecule has 0 saturated heterocycles. The third-order valence-electron chi connectivity index (χ3n) is 3.69. The third-order valence-corrected chi connectivity index (χ3v) is 4.25. The largest absolute Gasteiger partial charge is 0.452 e. The number of allylic oxidation sites excluding steroid dienone is 1. The average molecular weight is 393 g/mol. The maximum atomic E-state index is 12.6. The van der Waals surface area contributed by atoms with Gasteiger partial charge in [-0.05, 0) is 42.3 Å². The van der Waals surface area contributed by atoms with Crippen LogP contribution < -0.4 is 9.47 Å². The minimum absolute atomic E-state index is 0.132. The smallest absolute Gasteiger partial charge is 0.337 e. The topological polar surface area (TPSA) is 61.8 Å². The Morgan fingerprint density at radius 1 is 1.23 bits per heavy atom. The molecule has 0 spiro atoms. The fraction of sp³-hybridized carbons (Fsp3) is 0.158. The predicted molar refractivity (Wildman–Crippen MR) is 98.1 cm³/mol. The monoisotopic (exact) mass is 392 g/mol. The maximum Gasteiger partial charge on any atom is 0.337 e. The van der Waals surface area contributed by atoms with E-state index in [1.807, 2.05) is 0 Å². The van der Waals surface area contributed by atoms with Gasteiger partial charge in [-0.15, -0.1) is 0 Å². The van der Waals surface area contributed by atoms with Crippen LogP contribution in [0.3, 0.4) is 0 Å². The standard InChI is InChI=1S/C19H14Cl2O5/c1-10-5-13(25-17(22)9-24-2)8-15-18(10)19(23)16(26-15)6-11-3-4-12(20)7-14(11)21/h3-8H,9H2,1-2H3/b16-6-. The molecule has 3 rings (SSSR count). The van der Waals surface area contributed by atoms with E-state index in [2.05, 4.69) is 0 Å². The van der Waals surface area contributed by atoms with Crippen LogP contribution in [0.15, 0.2) is 36.1 Å². The van der Waals surface area contributed by atoms with E-state index in [9.17, 15) is 9.59 Å². The summed E-state index contributed by atoms with van der Waals surface area (Å²) in [6.45, 7) is 1.57. The Bertz CT molecular complexity index is 934. The van der Waals surface area contributed by atoms with Crippen molar-refractivity contribution in [3.05, 3.63) is 62.8 Å². The van der Waals surface area contributed by atoms with Crippen LogP contribution >= 0.6 is 23.2 Å². The van der Waals surface area contributed by atoms with Gasteiger partial charge in [0.25, 0.3) is 0 Å². The lowest BCUT2D eigenvalue weighted by Crippen LogP contribution is -2.14. The lowest BCUT2D eigenvalue weighted by Gasteiger charge is -2.07. The van der Waals surface area contributed by atoms with Crippen LogP contribution in [0.4, 0.5) is 0 Å². The van der Waals surface area contributed by atoms with Gasteiger partial charge in [0.1, 0.15) is 18.1 Å². The number of halogens is 2. The number of benzene rings is 2. The van der Waals surface area contributed by atoms with Crippen molar-refractivity contribution in [2.45, 2.75) is 6.92 Å². The van der Waals surface area contributed by atoms with Crippen LogP contribution in [-0.2, 0) is 9.53 Å². The van der Waals surface area contributed by atoms with E-state index in [0.717, 1.165) is 0 Å². The number of fused-ring (bicyclic) bond motifs is 1. The summed E-state index contributed by atoms with van der Waals surface area (Å²) in [7, 11) is 1.40. The number of rotatable bonds is 4. The van der Waals surface area contributed by atoms with Gasteiger partial charge >= 0.3 is 5.97 Å². The highest BCUT2D eigenvalue weighted by molar-refractivity contribution is 6.35. The second-order valence-electron chi connectivity index (χ2n) is 5.63. The quantitative estimate of drug-likeness (QED) is 0.436. The molecule has 1 aliphatic rings. The number of carbonyl (C=O) groups excluding carboxylic acids is 2. The molecule has 0 amide bonds. The Morgan fingerprint density at radius 2 is 2.00 bits per heavy atom. The van der Waals surface area contributed by atoms with Crippen LogP contribution in [0.5, 0.6) is 11.5 Å². The third kappa shape index (κ3) is 3.75. The summed E-state index contributed by atoms with van der Waals surface area (Å²) in [4.78, 5) is 24.2. The molecule has 2 aromatic carbocycles. The Kier molecular flexibility index (Phi) is 5.32. The molecule has 2 aromatic rings. The predicted octanol–water partition coefficient (Wildman–Crippen LogP) is 4.47. The number of ether oxygens (including phenoxy) is 3. The Balaban J connectivity index is 1.92. The molecule has 0 atom stereocenters. The summed E-state index contributed by atoms with van der Waals surface area (Å²) >= 11 is 12.0. The van der Waals surface area contributed by atoms with Gasteiger partial charge in [0.2, 0.25) is 5.78 Å². The zero-order valence-electron chi connectivity index (χ0n) is 14.0. The molecule has 0 unspecified atom stereocenters. The van der Waals surface area contributed by atoms with E-state index in [4.69, 9.17) is 37.4 Å². The van der Waals surface area contributed by atoms with Crippen LogP contribution in [0.25, 0.3) is 6.08 Å². The summed E-state index contributed by atoms with van der Waals surface area (Å²) < 4.78 is 15.6. The van der Waals surface area contributed by atoms with Crippen LogP contribution in [0.2, 0.25) is 10.0 Å². The molecule has 0 aromatic heterocycles. The molecule has 26 heavy (non-hydrogen) atoms.